The van der Waals surface area contributed by atoms with Gasteiger partial charge in [-0.25, -0.2) is 0 Å². The Labute approximate surface area is 73.3 Å². The molecule has 1 saturated heterocycles. The molecule has 0 aromatic carbocycles. The normalized spacial score (nSPS) is 47.0. The van der Waals surface area contributed by atoms with E-state index in [0.717, 1.165) is 5.92 Å². The second-order valence-electron chi connectivity index (χ2n) is 4.42. The fraction of sp³-hybridized carbons (Fsp3) is 0.900. The Balaban J connectivity index is 2.11. The van der Waals surface area contributed by atoms with Crippen molar-refractivity contribution < 1.29 is 9.53 Å². The topological polar surface area (TPSA) is 26.3 Å². The average molecular weight is 168 g/mol. The van der Waals surface area contributed by atoms with E-state index in [2.05, 4.69) is 6.92 Å². The average Bonchev–Trinajstić information content (AvgIpc) is 2.39. The Morgan fingerprint density at radius 3 is 2.83 bits per heavy atom. The predicted octanol–water partition coefficient (Wildman–Crippen LogP) is 1.84. The van der Waals surface area contributed by atoms with Crippen molar-refractivity contribution in [2.45, 2.75) is 26.7 Å². The lowest BCUT2D eigenvalue weighted by Crippen LogP contribution is -2.34. The van der Waals surface area contributed by atoms with Crippen molar-refractivity contribution >= 4 is 5.97 Å². The Bertz CT molecular complexity index is 200. The molecule has 0 spiro atoms. The molecular formula is C10H16O2. The Morgan fingerprint density at radius 1 is 1.33 bits per heavy atom. The lowest BCUT2D eigenvalue weighted by atomic mass is 9.83. The van der Waals surface area contributed by atoms with Crippen molar-refractivity contribution in [2.75, 3.05) is 6.61 Å². The SMILES string of the molecule is CC1CC2COC(=O)C(C)C2C1. The quantitative estimate of drug-likeness (QED) is 0.516. The van der Waals surface area contributed by atoms with Gasteiger partial charge in [0.15, 0.2) is 0 Å². The molecule has 2 rings (SSSR count). The molecule has 1 heterocycles. The van der Waals surface area contributed by atoms with Crippen LogP contribution in [0, 0.1) is 23.7 Å². The van der Waals surface area contributed by atoms with Crippen LogP contribution < -0.4 is 0 Å². The van der Waals surface area contributed by atoms with Crippen LogP contribution >= 0.6 is 0 Å². The van der Waals surface area contributed by atoms with Crippen LogP contribution in [0.2, 0.25) is 0 Å². The van der Waals surface area contributed by atoms with Gasteiger partial charge >= 0.3 is 5.97 Å². The van der Waals surface area contributed by atoms with Gasteiger partial charge in [0.1, 0.15) is 0 Å². The molecule has 0 radical (unpaired) electrons. The summed E-state index contributed by atoms with van der Waals surface area (Å²) in [6.45, 7) is 4.96. The van der Waals surface area contributed by atoms with E-state index in [9.17, 15) is 4.79 Å². The molecule has 68 valence electrons. The first-order valence-electron chi connectivity index (χ1n) is 4.85. The molecule has 0 amide bonds. The lowest BCUT2D eigenvalue weighted by Gasteiger charge is -2.29. The van der Waals surface area contributed by atoms with Gasteiger partial charge in [0.2, 0.25) is 0 Å². The number of rotatable bonds is 0. The van der Waals surface area contributed by atoms with Crippen LogP contribution in [0.1, 0.15) is 26.7 Å². The summed E-state index contributed by atoms with van der Waals surface area (Å²) in [6.07, 6.45) is 2.48. The summed E-state index contributed by atoms with van der Waals surface area (Å²) in [5.74, 6) is 2.23. The van der Waals surface area contributed by atoms with Crippen LogP contribution in [-0.2, 0) is 9.53 Å². The number of ether oxygens (including phenoxy) is 1. The molecule has 2 heteroatoms. The zero-order valence-corrected chi connectivity index (χ0v) is 7.75. The van der Waals surface area contributed by atoms with E-state index in [1.807, 2.05) is 6.92 Å². The Morgan fingerprint density at radius 2 is 2.08 bits per heavy atom. The number of carbonyl (C=O) groups is 1. The molecule has 4 atom stereocenters. The minimum atomic E-state index is 0.0188. The molecule has 2 aliphatic rings. The Kier molecular flexibility index (Phi) is 1.85. The Hall–Kier alpha value is -0.530. The second-order valence-corrected chi connectivity index (χ2v) is 4.42. The van der Waals surface area contributed by atoms with Crippen LogP contribution in [0.25, 0.3) is 0 Å². The smallest absolute Gasteiger partial charge is 0.308 e. The number of hydrogen-bond donors (Lipinski definition) is 0. The monoisotopic (exact) mass is 168 g/mol. The first-order chi connectivity index (χ1) is 5.68. The van der Waals surface area contributed by atoms with Crippen molar-refractivity contribution in [1.29, 1.82) is 0 Å². The maximum absolute atomic E-state index is 11.2. The highest BCUT2D eigenvalue weighted by Gasteiger charge is 2.42. The van der Waals surface area contributed by atoms with Gasteiger partial charge < -0.3 is 4.74 Å². The van der Waals surface area contributed by atoms with Gasteiger partial charge in [-0.2, -0.15) is 0 Å². The summed E-state index contributed by atoms with van der Waals surface area (Å²) in [6, 6.07) is 0. The van der Waals surface area contributed by atoms with Crippen molar-refractivity contribution in [3.63, 3.8) is 0 Å². The van der Waals surface area contributed by atoms with E-state index < -0.39 is 0 Å². The van der Waals surface area contributed by atoms with Crippen LogP contribution in [0.5, 0.6) is 0 Å². The number of cyclic esters (lactones) is 1. The van der Waals surface area contributed by atoms with Gasteiger partial charge in [0, 0.05) is 0 Å². The van der Waals surface area contributed by atoms with E-state index in [4.69, 9.17) is 4.74 Å². The molecular weight excluding hydrogens is 152 g/mol. The summed E-state index contributed by atoms with van der Waals surface area (Å²) in [7, 11) is 0. The first kappa shape index (κ1) is 8.09. The number of hydrogen-bond acceptors (Lipinski definition) is 2. The second kappa shape index (κ2) is 2.75. The molecule has 12 heavy (non-hydrogen) atoms. The van der Waals surface area contributed by atoms with E-state index in [1.54, 1.807) is 0 Å². The molecule has 2 nitrogen and oxygen atoms in total. The standard InChI is InChI=1S/C10H16O2/c1-6-3-8-5-12-10(11)7(2)9(8)4-6/h6-9H,3-5H2,1-2H3. The first-order valence-corrected chi connectivity index (χ1v) is 4.85. The summed E-state index contributed by atoms with van der Waals surface area (Å²) in [4.78, 5) is 11.2. The molecule has 1 saturated carbocycles. The summed E-state index contributed by atoms with van der Waals surface area (Å²) in [5.41, 5.74) is 0. The third kappa shape index (κ3) is 1.13. The molecule has 0 aromatic heterocycles. The molecule has 0 aromatic rings. The van der Waals surface area contributed by atoms with Crippen LogP contribution in [-0.4, -0.2) is 12.6 Å². The van der Waals surface area contributed by atoms with E-state index >= 15 is 0 Å². The van der Waals surface area contributed by atoms with Gasteiger partial charge in [-0.1, -0.05) is 13.8 Å². The third-order valence-electron chi connectivity index (χ3n) is 3.44. The summed E-state index contributed by atoms with van der Waals surface area (Å²) in [5, 5.41) is 0. The number of fused-ring (bicyclic) bond motifs is 1. The fourth-order valence-corrected chi connectivity index (χ4v) is 2.74. The van der Waals surface area contributed by atoms with Crippen molar-refractivity contribution in [1.82, 2.24) is 0 Å². The highest BCUT2D eigenvalue weighted by atomic mass is 16.5. The van der Waals surface area contributed by atoms with Gasteiger partial charge in [-0.05, 0) is 30.6 Å². The minimum Gasteiger partial charge on any atom is -0.465 e. The van der Waals surface area contributed by atoms with E-state index in [1.165, 1.54) is 12.8 Å². The maximum atomic E-state index is 11.2. The van der Waals surface area contributed by atoms with Crippen molar-refractivity contribution in [2.24, 2.45) is 23.7 Å². The van der Waals surface area contributed by atoms with Gasteiger partial charge in [-0.15, -0.1) is 0 Å². The van der Waals surface area contributed by atoms with Crippen LogP contribution in [0.15, 0.2) is 0 Å². The highest BCUT2D eigenvalue weighted by Crippen LogP contribution is 2.43. The van der Waals surface area contributed by atoms with Gasteiger partial charge in [0.25, 0.3) is 0 Å². The molecule has 0 bridgehead atoms. The van der Waals surface area contributed by atoms with Crippen molar-refractivity contribution in [3.05, 3.63) is 0 Å². The van der Waals surface area contributed by atoms with Gasteiger partial charge in [0.05, 0.1) is 12.5 Å². The molecule has 1 aliphatic carbocycles. The van der Waals surface area contributed by atoms with E-state index in [0.29, 0.717) is 18.4 Å². The molecule has 1 aliphatic heterocycles. The van der Waals surface area contributed by atoms with Crippen LogP contribution in [0.3, 0.4) is 0 Å². The molecule has 2 fully saturated rings. The van der Waals surface area contributed by atoms with Crippen molar-refractivity contribution in [3.8, 4) is 0 Å². The van der Waals surface area contributed by atoms with Crippen LogP contribution in [0.4, 0.5) is 0 Å². The zero-order valence-electron chi connectivity index (χ0n) is 7.75. The third-order valence-corrected chi connectivity index (χ3v) is 3.44. The minimum absolute atomic E-state index is 0.0188. The lowest BCUT2D eigenvalue weighted by molar-refractivity contribution is -0.158. The van der Waals surface area contributed by atoms with Gasteiger partial charge in [-0.3, -0.25) is 4.79 Å². The molecule has 4 unspecified atom stereocenters. The molecule has 0 N–H and O–H groups in total. The highest BCUT2D eigenvalue weighted by molar-refractivity contribution is 5.73. The number of esters is 1. The zero-order chi connectivity index (χ0) is 8.72. The summed E-state index contributed by atoms with van der Waals surface area (Å²) >= 11 is 0. The largest absolute Gasteiger partial charge is 0.465 e. The number of carbonyl (C=O) groups excluding carboxylic acids is 1. The predicted molar refractivity (Wildman–Crippen MR) is 45.5 cm³/mol. The fourth-order valence-electron chi connectivity index (χ4n) is 2.74. The maximum Gasteiger partial charge on any atom is 0.308 e. The summed E-state index contributed by atoms with van der Waals surface area (Å²) < 4.78 is 5.11. The van der Waals surface area contributed by atoms with E-state index in [-0.39, 0.29) is 11.9 Å².